The lowest BCUT2D eigenvalue weighted by atomic mass is 10.2. The summed E-state index contributed by atoms with van der Waals surface area (Å²) in [5.74, 6) is -0.309. The summed E-state index contributed by atoms with van der Waals surface area (Å²) in [7, 11) is -3.63. The Morgan fingerprint density at radius 3 is 2.59 bits per heavy atom. The number of anilines is 1. The Morgan fingerprint density at radius 1 is 1.22 bits per heavy atom. The van der Waals surface area contributed by atoms with E-state index in [0.717, 1.165) is 22.9 Å². The first-order chi connectivity index (χ1) is 12.8. The normalized spacial score (nSPS) is 17.0. The van der Waals surface area contributed by atoms with Gasteiger partial charge in [0.05, 0.1) is 16.7 Å². The van der Waals surface area contributed by atoms with Crippen LogP contribution >= 0.6 is 15.9 Å². The maximum Gasteiger partial charge on any atom is 0.255 e. The molecule has 1 amide bonds. The minimum atomic E-state index is -3.63. The van der Waals surface area contributed by atoms with E-state index in [1.165, 1.54) is 24.3 Å². The molecule has 0 spiro atoms. The van der Waals surface area contributed by atoms with E-state index >= 15 is 0 Å². The Morgan fingerprint density at radius 2 is 1.96 bits per heavy atom. The van der Waals surface area contributed by atoms with E-state index in [1.54, 1.807) is 0 Å². The number of carbonyl (C=O) groups is 1. The molecule has 3 rings (SSSR count). The van der Waals surface area contributed by atoms with Crippen molar-refractivity contribution in [3.63, 3.8) is 0 Å². The van der Waals surface area contributed by atoms with Gasteiger partial charge in [-0.15, -0.1) is 0 Å². The van der Waals surface area contributed by atoms with E-state index < -0.39 is 10.0 Å². The predicted molar refractivity (Wildman–Crippen MR) is 107 cm³/mol. The van der Waals surface area contributed by atoms with E-state index in [2.05, 4.69) is 26.0 Å². The molecule has 8 heteroatoms. The number of sulfonamides is 1. The fourth-order valence-corrected chi connectivity index (χ4v) is 4.45. The maximum atomic E-state index is 12.4. The number of amides is 1. The van der Waals surface area contributed by atoms with Crippen LogP contribution < -0.4 is 10.0 Å². The second-order valence-corrected chi connectivity index (χ2v) is 9.07. The van der Waals surface area contributed by atoms with Gasteiger partial charge >= 0.3 is 0 Å². The minimum Gasteiger partial charge on any atom is -0.377 e. The van der Waals surface area contributed by atoms with Crippen molar-refractivity contribution < 1.29 is 17.9 Å². The van der Waals surface area contributed by atoms with Crippen LogP contribution in [-0.2, 0) is 14.8 Å². The molecule has 144 valence electrons. The fraction of sp³-hybridized carbons (Fsp3) is 0.316. The Kier molecular flexibility index (Phi) is 6.31. The molecule has 1 fully saturated rings. The summed E-state index contributed by atoms with van der Waals surface area (Å²) in [5.41, 5.74) is 2.10. The molecular weight excluding hydrogens is 432 g/mol. The predicted octanol–water partition coefficient (Wildman–Crippen LogP) is 3.47. The molecule has 2 aromatic rings. The monoisotopic (exact) mass is 452 g/mol. The lowest BCUT2D eigenvalue weighted by molar-refractivity contribution is 0.102. The standard InChI is InChI=1S/C19H21BrN2O4S/c1-13-4-9-18(17(20)11-13)22-19(23)14-5-7-16(8-6-14)27(24,25)21-12-15-3-2-10-26-15/h4-9,11,15,21H,2-3,10,12H2,1H3,(H,22,23)/t15-/m1/s1. The van der Waals surface area contributed by atoms with Gasteiger partial charge in [-0.1, -0.05) is 6.07 Å². The molecule has 1 aliphatic rings. The Labute approximate surface area is 167 Å². The second kappa shape index (κ2) is 8.52. The van der Waals surface area contributed by atoms with Crippen LogP contribution in [0, 0.1) is 6.92 Å². The average Bonchev–Trinajstić information content (AvgIpc) is 3.16. The van der Waals surface area contributed by atoms with Crippen molar-refractivity contribution in [3.05, 3.63) is 58.1 Å². The summed E-state index contributed by atoms with van der Waals surface area (Å²) >= 11 is 3.42. The third-order valence-electron chi connectivity index (χ3n) is 4.32. The van der Waals surface area contributed by atoms with Gasteiger partial charge in [-0.3, -0.25) is 4.79 Å². The molecule has 2 aromatic carbocycles. The quantitative estimate of drug-likeness (QED) is 0.702. The lowest BCUT2D eigenvalue weighted by Gasteiger charge is -2.12. The van der Waals surface area contributed by atoms with Crippen molar-refractivity contribution in [2.45, 2.75) is 30.8 Å². The molecule has 2 N–H and O–H groups in total. The van der Waals surface area contributed by atoms with Crippen LogP contribution in [0.4, 0.5) is 5.69 Å². The van der Waals surface area contributed by atoms with Gasteiger partial charge in [0.15, 0.2) is 0 Å². The van der Waals surface area contributed by atoms with E-state index in [1.807, 2.05) is 25.1 Å². The van der Waals surface area contributed by atoms with Crippen molar-refractivity contribution in [1.82, 2.24) is 4.72 Å². The van der Waals surface area contributed by atoms with E-state index in [4.69, 9.17) is 4.74 Å². The van der Waals surface area contributed by atoms with Crippen molar-refractivity contribution >= 4 is 37.5 Å². The fourth-order valence-electron chi connectivity index (χ4n) is 2.79. The molecule has 0 radical (unpaired) electrons. The van der Waals surface area contributed by atoms with E-state index in [0.29, 0.717) is 17.9 Å². The molecule has 6 nitrogen and oxygen atoms in total. The van der Waals surface area contributed by atoms with Gasteiger partial charge in [-0.25, -0.2) is 13.1 Å². The molecule has 0 aliphatic carbocycles. The highest BCUT2D eigenvalue weighted by molar-refractivity contribution is 9.10. The highest BCUT2D eigenvalue weighted by Gasteiger charge is 2.20. The van der Waals surface area contributed by atoms with Crippen molar-refractivity contribution in [3.8, 4) is 0 Å². The zero-order chi connectivity index (χ0) is 19.4. The molecule has 27 heavy (non-hydrogen) atoms. The number of rotatable bonds is 6. The van der Waals surface area contributed by atoms with Crippen LogP contribution in [-0.4, -0.2) is 33.6 Å². The molecular formula is C19H21BrN2O4S. The second-order valence-electron chi connectivity index (χ2n) is 6.45. The molecule has 0 bridgehead atoms. The summed E-state index contributed by atoms with van der Waals surface area (Å²) in [6.07, 6.45) is 1.74. The molecule has 1 aliphatic heterocycles. The van der Waals surface area contributed by atoms with Crippen LogP contribution in [0.2, 0.25) is 0 Å². The Bertz CT molecular complexity index is 923. The number of carbonyl (C=O) groups excluding carboxylic acids is 1. The van der Waals surface area contributed by atoms with Gasteiger partial charge < -0.3 is 10.1 Å². The number of hydrogen-bond donors (Lipinski definition) is 2. The highest BCUT2D eigenvalue weighted by Crippen LogP contribution is 2.24. The number of ether oxygens (including phenoxy) is 1. The van der Waals surface area contributed by atoms with Crippen molar-refractivity contribution in [2.75, 3.05) is 18.5 Å². The summed E-state index contributed by atoms with van der Waals surface area (Å²) in [6, 6.07) is 11.5. The van der Waals surface area contributed by atoms with Gasteiger partial charge in [-0.05, 0) is 77.7 Å². The largest absolute Gasteiger partial charge is 0.377 e. The average molecular weight is 453 g/mol. The molecule has 0 unspecified atom stereocenters. The highest BCUT2D eigenvalue weighted by atomic mass is 79.9. The zero-order valence-electron chi connectivity index (χ0n) is 14.9. The Hall–Kier alpha value is -1.74. The topological polar surface area (TPSA) is 84.5 Å². The molecule has 1 saturated heterocycles. The SMILES string of the molecule is Cc1ccc(NC(=O)c2ccc(S(=O)(=O)NC[C@H]3CCCO3)cc2)c(Br)c1. The molecule has 0 aromatic heterocycles. The van der Waals surface area contributed by atoms with Gasteiger partial charge in [-0.2, -0.15) is 0 Å². The summed E-state index contributed by atoms with van der Waals surface area (Å²) < 4.78 is 33.5. The first kappa shape index (κ1) is 20.0. The van der Waals surface area contributed by atoms with Gasteiger partial charge in [0.25, 0.3) is 5.91 Å². The van der Waals surface area contributed by atoms with Gasteiger partial charge in [0.1, 0.15) is 0 Å². The number of halogens is 1. The number of nitrogens with one attached hydrogen (secondary N) is 2. The van der Waals surface area contributed by atoms with Crippen molar-refractivity contribution in [2.24, 2.45) is 0 Å². The minimum absolute atomic E-state index is 0.0715. The van der Waals surface area contributed by atoms with Crippen LogP contribution in [0.3, 0.4) is 0 Å². The smallest absolute Gasteiger partial charge is 0.255 e. The first-order valence-corrected chi connectivity index (χ1v) is 10.9. The van der Waals surface area contributed by atoms with Crippen LogP contribution in [0.5, 0.6) is 0 Å². The summed E-state index contributed by atoms with van der Waals surface area (Å²) in [6.45, 7) is 2.89. The maximum absolute atomic E-state index is 12.4. The Balaban J connectivity index is 1.65. The van der Waals surface area contributed by atoms with Crippen molar-refractivity contribution in [1.29, 1.82) is 0 Å². The third-order valence-corrected chi connectivity index (χ3v) is 6.42. The van der Waals surface area contributed by atoms with Gasteiger partial charge in [0, 0.05) is 23.2 Å². The first-order valence-electron chi connectivity index (χ1n) is 8.64. The molecule has 1 heterocycles. The summed E-state index contributed by atoms with van der Waals surface area (Å²) in [5, 5.41) is 2.81. The van der Waals surface area contributed by atoms with Crippen LogP contribution in [0.15, 0.2) is 51.8 Å². The summed E-state index contributed by atoms with van der Waals surface area (Å²) in [4.78, 5) is 12.5. The lowest BCUT2D eigenvalue weighted by Crippen LogP contribution is -2.31. The number of hydrogen-bond acceptors (Lipinski definition) is 4. The van der Waals surface area contributed by atoms with E-state index in [9.17, 15) is 13.2 Å². The number of aryl methyl sites for hydroxylation is 1. The third kappa shape index (κ3) is 5.16. The van der Waals surface area contributed by atoms with Gasteiger partial charge in [0.2, 0.25) is 10.0 Å². The van der Waals surface area contributed by atoms with Crippen LogP contribution in [0.1, 0.15) is 28.8 Å². The number of benzene rings is 2. The molecule has 0 saturated carbocycles. The van der Waals surface area contributed by atoms with Crippen LogP contribution in [0.25, 0.3) is 0 Å². The van der Waals surface area contributed by atoms with E-state index in [-0.39, 0.29) is 23.5 Å². The zero-order valence-corrected chi connectivity index (χ0v) is 17.3. The molecule has 1 atom stereocenters.